The van der Waals surface area contributed by atoms with E-state index in [4.69, 9.17) is 21.5 Å². The van der Waals surface area contributed by atoms with Gasteiger partial charge in [0, 0.05) is 11.5 Å². The van der Waals surface area contributed by atoms with Crippen LogP contribution in [0, 0.1) is 5.92 Å². The highest BCUT2D eigenvalue weighted by atomic mass is 16.4. The third-order valence-corrected chi connectivity index (χ3v) is 2.08. The molecule has 0 aromatic carbocycles. The Bertz CT molecular complexity index is 300. The number of hydrogen-bond acceptors (Lipinski definition) is 4. The van der Waals surface area contributed by atoms with Crippen molar-refractivity contribution in [1.29, 1.82) is 0 Å². The highest BCUT2D eigenvalue weighted by Crippen LogP contribution is 2.13. The number of azide groups is 1. The number of nitrogens with two attached hydrogens (primary N) is 1. The molecule has 0 aliphatic rings. The maximum absolute atomic E-state index is 10.8. The molecule has 0 saturated heterocycles. The van der Waals surface area contributed by atoms with Crippen LogP contribution in [0.2, 0.25) is 0 Å². The van der Waals surface area contributed by atoms with Gasteiger partial charge in [0.1, 0.15) is 6.04 Å². The number of nitrogens with zero attached hydrogens (tertiary/aromatic N) is 3. The van der Waals surface area contributed by atoms with Gasteiger partial charge in [0.2, 0.25) is 0 Å². The SMILES string of the molecule is [N-]=[N+]=NCCCC(C[C@H](N)C(=O)O)C(=O)O. The zero-order valence-corrected chi connectivity index (χ0v) is 8.61. The second-order valence-electron chi connectivity index (χ2n) is 3.31. The van der Waals surface area contributed by atoms with Gasteiger partial charge < -0.3 is 15.9 Å². The van der Waals surface area contributed by atoms with E-state index in [2.05, 4.69) is 10.0 Å². The van der Waals surface area contributed by atoms with E-state index in [1.54, 1.807) is 0 Å². The predicted molar refractivity (Wildman–Crippen MR) is 54.6 cm³/mol. The van der Waals surface area contributed by atoms with Crippen molar-refractivity contribution in [1.82, 2.24) is 0 Å². The molecule has 4 N–H and O–H groups in total. The van der Waals surface area contributed by atoms with Crippen molar-refractivity contribution >= 4 is 11.9 Å². The zero-order chi connectivity index (χ0) is 12.6. The normalized spacial score (nSPS) is 13.6. The number of carboxylic acid groups (broad SMARTS) is 2. The van der Waals surface area contributed by atoms with Gasteiger partial charge >= 0.3 is 11.9 Å². The molecule has 0 aromatic rings. The van der Waals surface area contributed by atoms with Crippen LogP contribution in [0.5, 0.6) is 0 Å². The highest BCUT2D eigenvalue weighted by molar-refractivity contribution is 5.75. The molecule has 16 heavy (non-hydrogen) atoms. The molecule has 0 radical (unpaired) electrons. The standard InChI is InChI=1S/C8H14N4O4/c9-6(8(15)16)4-5(7(13)14)2-1-3-11-12-10/h5-6H,1-4,9H2,(H,13,14)(H,15,16)/t5?,6-/m0/s1. The van der Waals surface area contributed by atoms with Gasteiger partial charge in [0.25, 0.3) is 0 Å². The van der Waals surface area contributed by atoms with Crippen LogP contribution in [0.3, 0.4) is 0 Å². The van der Waals surface area contributed by atoms with Gasteiger partial charge in [-0.25, -0.2) is 0 Å². The van der Waals surface area contributed by atoms with Crippen LogP contribution in [0.15, 0.2) is 5.11 Å². The average molecular weight is 230 g/mol. The second kappa shape index (κ2) is 7.49. The molecule has 8 heteroatoms. The van der Waals surface area contributed by atoms with Gasteiger partial charge in [0.05, 0.1) is 5.92 Å². The zero-order valence-electron chi connectivity index (χ0n) is 8.61. The first kappa shape index (κ1) is 14.2. The fourth-order valence-corrected chi connectivity index (χ4v) is 1.20. The Kier molecular flexibility index (Phi) is 6.66. The maximum atomic E-state index is 10.8. The number of hydrogen-bond donors (Lipinski definition) is 3. The molecule has 0 spiro atoms. The van der Waals surface area contributed by atoms with Crippen molar-refractivity contribution in [2.75, 3.05) is 6.54 Å². The lowest BCUT2D eigenvalue weighted by atomic mass is 9.95. The van der Waals surface area contributed by atoms with Gasteiger partial charge in [-0.2, -0.15) is 0 Å². The fraction of sp³-hybridized carbons (Fsp3) is 0.750. The molecular formula is C8H14N4O4. The molecule has 0 bridgehead atoms. The van der Waals surface area contributed by atoms with Crippen molar-refractivity contribution in [2.45, 2.75) is 25.3 Å². The summed E-state index contributed by atoms with van der Waals surface area (Å²) in [7, 11) is 0. The van der Waals surface area contributed by atoms with E-state index in [9.17, 15) is 9.59 Å². The van der Waals surface area contributed by atoms with Crippen molar-refractivity contribution < 1.29 is 19.8 Å². The number of rotatable bonds is 8. The van der Waals surface area contributed by atoms with Gasteiger partial charge in [-0.15, -0.1) is 0 Å². The minimum Gasteiger partial charge on any atom is -0.481 e. The van der Waals surface area contributed by atoms with Crippen molar-refractivity contribution in [3.63, 3.8) is 0 Å². The van der Waals surface area contributed by atoms with Crippen LogP contribution in [0.1, 0.15) is 19.3 Å². The lowest BCUT2D eigenvalue weighted by Gasteiger charge is -2.13. The van der Waals surface area contributed by atoms with Crippen LogP contribution in [-0.4, -0.2) is 34.7 Å². The first-order valence-electron chi connectivity index (χ1n) is 4.71. The summed E-state index contributed by atoms with van der Waals surface area (Å²) in [6, 6.07) is -1.18. The Morgan fingerprint density at radius 1 is 1.38 bits per heavy atom. The Balaban J connectivity index is 4.12. The lowest BCUT2D eigenvalue weighted by Crippen LogP contribution is -2.34. The minimum absolute atomic E-state index is 0.124. The molecule has 0 fully saturated rings. The lowest BCUT2D eigenvalue weighted by molar-refractivity contribution is -0.143. The van der Waals surface area contributed by atoms with E-state index in [0.717, 1.165) is 0 Å². The maximum Gasteiger partial charge on any atom is 0.320 e. The first-order chi connectivity index (χ1) is 7.49. The molecule has 0 aliphatic carbocycles. The summed E-state index contributed by atoms with van der Waals surface area (Å²) in [4.78, 5) is 23.7. The van der Waals surface area contributed by atoms with E-state index < -0.39 is 23.9 Å². The van der Waals surface area contributed by atoms with Crippen molar-refractivity contribution in [3.8, 4) is 0 Å². The Morgan fingerprint density at radius 3 is 2.44 bits per heavy atom. The van der Waals surface area contributed by atoms with Gasteiger partial charge in [-0.05, 0) is 24.8 Å². The quantitative estimate of drug-likeness (QED) is 0.241. The second-order valence-corrected chi connectivity index (χ2v) is 3.31. The van der Waals surface area contributed by atoms with E-state index in [-0.39, 0.29) is 19.4 Å². The Hall–Kier alpha value is -1.79. The third kappa shape index (κ3) is 5.84. The predicted octanol–water partition coefficient (Wildman–Crippen LogP) is 0.580. The largest absolute Gasteiger partial charge is 0.481 e. The highest BCUT2D eigenvalue weighted by Gasteiger charge is 2.23. The first-order valence-corrected chi connectivity index (χ1v) is 4.71. The number of aliphatic carboxylic acids is 2. The van der Waals surface area contributed by atoms with Crippen LogP contribution < -0.4 is 5.73 Å². The smallest absolute Gasteiger partial charge is 0.320 e. The molecule has 0 saturated carbocycles. The van der Waals surface area contributed by atoms with E-state index in [0.29, 0.717) is 6.42 Å². The molecule has 0 aromatic heterocycles. The van der Waals surface area contributed by atoms with Crippen molar-refractivity contribution in [3.05, 3.63) is 10.4 Å². The summed E-state index contributed by atoms with van der Waals surface area (Å²) >= 11 is 0. The Morgan fingerprint density at radius 2 is 2.00 bits per heavy atom. The molecular weight excluding hydrogens is 216 g/mol. The summed E-state index contributed by atoms with van der Waals surface area (Å²) in [5.74, 6) is -3.13. The molecule has 2 atom stereocenters. The monoisotopic (exact) mass is 230 g/mol. The topological polar surface area (TPSA) is 149 Å². The summed E-state index contributed by atoms with van der Waals surface area (Å²) in [6.07, 6.45) is 0.517. The minimum atomic E-state index is -1.22. The van der Waals surface area contributed by atoms with Crippen LogP contribution in [-0.2, 0) is 9.59 Å². The molecule has 0 rings (SSSR count). The van der Waals surface area contributed by atoms with Crippen LogP contribution >= 0.6 is 0 Å². The number of carbonyl (C=O) groups is 2. The third-order valence-electron chi connectivity index (χ3n) is 2.08. The van der Waals surface area contributed by atoms with Gasteiger partial charge in [-0.3, -0.25) is 9.59 Å². The van der Waals surface area contributed by atoms with Crippen LogP contribution in [0.25, 0.3) is 10.4 Å². The molecule has 1 unspecified atom stereocenters. The number of carboxylic acids is 2. The summed E-state index contributed by atoms with van der Waals surface area (Å²) in [5, 5.41) is 20.6. The molecule has 0 amide bonds. The summed E-state index contributed by atoms with van der Waals surface area (Å²) < 4.78 is 0. The molecule has 0 aliphatic heterocycles. The van der Waals surface area contributed by atoms with E-state index in [1.807, 2.05) is 0 Å². The van der Waals surface area contributed by atoms with Gasteiger partial charge in [-0.1, -0.05) is 5.11 Å². The van der Waals surface area contributed by atoms with Crippen LogP contribution in [0.4, 0.5) is 0 Å². The Labute approximate surface area is 91.7 Å². The molecule has 0 heterocycles. The summed E-state index contributed by atoms with van der Waals surface area (Å²) in [5.41, 5.74) is 13.2. The van der Waals surface area contributed by atoms with Gasteiger partial charge in [0.15, 0.2) is 0 Å². The van der Waals surface area contributed by atoms with Crippen molar-refractivity contribution in [2.24, 2.45) is 16.8 Å². The molecule has 8 nitrogen and oxygen atoms in total. The average Bonchev–Trinajstić information content (AvgIpc) is 2.21. The molecule has 90 valence electrons. The fourth-order valence-electron chi connectivity index (χ4n) is 1.20. The van der Waals surface area contributed by atoms with E-state index in [1.165, 1.54) is 0 Å². The summed E-state index contributed by atoms with van der Waals surface area (Å²) in [6.45, 7) is 0.197. The van der Waals surface area contributed by atoms with E-state index >= 15 is 0 Å².